The molecule has 178 valence electrons. The monoisotopic (exact) mass is 554 g/mol. The third-order valence-corrected chi connectivity index (χ3v) is 5.93. The van der Waals surface area contributed by atoms with E-state index < -0.39 is 4.92 Å². The van der Waals surface area contributed by atoms with Crippen LogP contribution < -0.4 is 10.3 Å². The van der Waals surface area contributed by atoms with Crippen LogP contribution >= 0.6 is 27.5 Å². The molecule has 0 aliphatic heterocycles. The summed E-state index contributed by atoms with van der Waals surface area (Å²) < 4.78 is 7.82. The third kappa shape index (κ3) is 5.58. The maximum atomic E-state index is 13.1. The molecule has 0 N–H and O–H groups in total. The van der Waals surface area contributed by atoms with Gasteiger partial charge < -0.3 is 4.74 Å². The van der Waals surface area contributed by atoms with Crippen LogP contribution in [0.5, 0.6) is 5.75 Å². The van der Waals surface area contributed by atoms with E-state index in [4.69, 9.17) is 16.3 Å². The molecule has 4 aromatic rings. The summed E-state index contributed by atoms with van der Waals surface area (Å²) in [7, 11) is 0. The minimum absolute atomic E-state index is 0.00435. The van der Waals surface area contributed by atoms with Crippen molar-refractivity contribution in [3.8, 4) is 5.75 Å². The number of hydrogen-bond donors (Lipinski definition) is 0. The molecular formula is C25H20BrClN4O4. The molecule has 0 fully saturated rings. The van der Waals surface area contributed by atoms with Gasteiger partial charge in [0.2, 0.25) is 0 Å². The lowest BCUT2D eigenvalue weighted by Crippen LogP contribution is -2.23. The van der Waals surface area contributed by atoms with Gasteiger partial charge in [0, 0.05) is 22.5 Å². The molecule has 10 heteroatoms. The topological polar surface area (TPSA) is 99.6 Å². The van der Waals surface area contributed by atoms with Gasteiger partial charge in [-0.05, 0) is 47.5 Å². The number of hydrogen-bond acceptors (Lipinski definition) is 6. The van der Waals surface area contributed by atoms with Crippen molar-refractivity contribution in [3.05, 3.63) is 108 Å². The minimum atomic E-state index is -0.454. The molecular weight excluding hydrogens is 536 g/mol. The van der Waals surface area contributed by atoms with Gasteiger partial charge in [-0.1, -0.05) is 53.5 Å². The van der Waals surface area contributed by atoms with Crippen LogP contribution in [0, 0.1) is 10.1 Å². The van der Waals surface area contributed by atoms with Gasteiger partial charge in [0.15, 0.2) is 0 Å². The van der Waals surface area contributed by atoms with E-state index in [0.29, 0.717) is 38.6 Å². The van der Waals surface area contributed by atoms with Crippen LogP contribution in [0.4, 0.5) is 5.69 Å². The van der Waals surface area contributed by atoms with Crippen molar-refractivity contribution in [3.63, 3.8) is 0 Å². The fraction of sp³-hybridized carbons (Fsp3) is 0.160. The van der Waals surface area contributed by atoms with Crippen molar-refractivity contribution in [1.29, 1.82) is 0 Å². The number of nitro benzene ring substituents is 1. The maximum absolute atomic E-state index is 13.1. The molecule has 0 unspecified atom stereocenters. The quantitative estimate of drug-likeness (QED) is 0.151. The third-order valence-electron chi connectivity index (χ3n) is 5.14. The summed E-state index contributed by atoms with van der Waals surface area (Å²) in [6.45, 7) is 4.02. The molecule has 35 heavy (non-hydrogen) atoms. The zero-order chi connectivity index (χ0) is 25.1. The Bertz CT molecular complexity index is 1520. The van der Waals surface area contributed by atoms with Gasteiger partial charge in [0.05, 0.1) is 27.1 Å². The summed E-state index contributed by atoms with van der Waals surface area (Å²) >= 11 is 9.78. The van der Waals surface area contributed by atoms with E-state index in [1.807, 2.05) is 19.9 Å². The number of nitro groups is 1. The number of fused-ring (bicyclic) bond motifs is 1. The summed E-state index contributed by atoms with van der Waals surface area (Å²) in [5.41, 5.74) is 1.65. The maximum Gasteiger partial charge on any atom is 0.282 e. The molecule has 0 aliphatic carbocycles. The van der Waals surface area contributed by atoms with E-state index >= 15 is 0 Å². The highest BCUT2D eigenvalue weighted by Gasteiger charge is 2.14. The number of nitrogens with zero attached hydrogens (tertiary/aromatic N) is 4. The summed E-state index contributed by atoms with van der Waals surface area (Å²) in [4.78, 5) is 28.3. The number of halogens is 2. The number of benzene rings is 3. The summed E-state index contributed by atoms with van der Waals surface area (Å²) in [6.07, 6.45) is 1.54. The Labute approximate surface area is 214 Å². The lowest BCUT2D eigenvalue weighted by Gasteiger charge is -2.12. The first-order chi connectivity index (χ1) is 16.7. The Morgan fingerprint density at radius 1 is 1.20 bits per heavy atom. The Morgan fingerprint density at radius 2 is 2.00 bits per heavy atom. The number of aromatic nitrogens is 2. The van der Waals surface area contributed by atoms with E-state index in [1.165, 1.54) is 23.0 Å². The molecule has 0 amide bonds. The van der Waals surface area contributed by atoms with Gasteiger partial charge in [-0.2, -0.15) is 9.78 Å². The van der Waals surface area contributed by atoms with Gasteiger partial charge >= 0.3 is 0 Å². The fourth-order valence-electron chi connectivity index (χ4n) is 3.41. The second kappa shape index (κ2) is 10.4. The van der Waals surface area contributed by atoms with Gasteiger partial charge in [0.25, 0.3) is 11.2 Å². The molecule has 0 radical (unpaired) electrons. The average Bonchev–Trinajstić information content (AvgIpc) is 2.83. The van der Waals surface area contributed by atoms with Gasteiger partial charge in [-0.3, -0.25) is 14.9 Å². The normalized spacial score (nSPS) is 11.5. The molecule has 1 aromatic heterocycles. The zero-order valence-electron chi connectivity index (χ0n) is 18.8. The standard InChI is InChI=1S/C25H20BrClN4O4/c1-15(2)24-29-22-8-7-18(26)12-20(22)25(32)30(24)28-13-16-6-9-23(21(27)11-16)35-14-17-4-3-5-19(10-17)31(33)34/h3-13,15H,14H2,1-2H3. The Kier molecular flexibility index (Phi) is 7.28. The number of ether oxygens (including phenoxy) is 1. The summed E-state index contributed by atoms with van der Waals surface area (Å²) in [5.74, 6) is 0.942. The van der Waals surface area contributed by atoms with Crippen molar-refractivity contribution in [2.45, 2.75) is 26.4 Å². The highest BCUT2D eigenvalue weighted by Crippen LogP contribution is 2.26. The Hall–Kier alpha value is -3.56. The molecule has 0 bridgehead atoms. The highest BCUT2D eigenvalue weighted by molar-refractivity contribution is 9.10. The zero-order valence-corrected chi connectivity index (χ0v) is 21.2. The van der Waals surface area contributed by atoms with E-state index in [0.717, 1.165) is 4.47 Å². The Morgan fingerprint density at radius 3 is 2.71 bits per heavy atom. The number of non-ortho nitro benzene ring substituents is 1. The predicted molar refractivity (Wildman–Crippen MR) is 140 cm³/mol. The molecule has 3 aromatic carbocycles. The largest absolute Gasteiger partial charge is 0.487 e. The van der Waals surface area contributed by atoms with E-state index in [2.05, 4.69) is 26.0 Å². The van der Waals surface area contributed by atoms with Crippen LogP contribution in [0.15, 0.2) is 75.0 Å². The van der Waals surface area contributed by atoms with Crippen LogP contribution in [0.2, 0.25) is 5.02 Å². The first-order valence-electron chi connectivity index (χ1n) is 10.6. The van der Waals surface area contributed by atoms with Crippen LogP contribution in [0.3, 0.4) is 0 Å². The first-order valence-corrected chi connectivity index (χ1v) is 11.8. The van der Waals surface area contributed by atoms with Crippen molar-refractivity contribution >= 4 is 50.3 Å². The lowest BCUT2D eigenvalue weighted by molar-refractivity contribution is -0.384. The molecule has 0 saturated carbocycles. The van der Waals surface area contributed by atoms with Crippen molar-refractivity contribution in [1.82, 2.24) is 9.66 Å². The van der Waals surface area contributed by atoms with E-state index in [9.17, 15) is 14.9 Å². The second-order valence-electron chi connectivity index (χ2n) is 8.05. The average molecular weight is 556 g/mol. The van der Waals surface area contributed by atoms with Crippen LogP contribution in [0.25, 0.3) is 10.9 Å². The minimum Gasteiger partial charge on any atom is -0.487 e. The lowest BCUT2D eigenvalue weighted by atomic mass is 10.2. The van der Waals surface area contributed by atoms with E-state index in [-0.39, 0.29) is 23.8 Å². The SMILES string of the molecule is CC(C)c1nc2ccc(Br)cc2c(=O)n1N=Cc1ccc(OCc2cccc([N+](=O)[O-])c2)c(Cl)c1. The van der Waals surface area contributed by atoms with Crippen LogP contribution in [0.1, 0.15) is 36.7 Å². The molecule has 1 heterocycles. The fourth-order valence-corrected chi connectivity index (χ4v) is 4.02. The smallest absolute Gasteiger partial charge is 0.282 e. The van der Waals surface area contributed by atoms with Crippen molar-refractivity contribution in [2.24, 2.45) is 5.10 Å². The molecule has 0 atom stereocenters. The van der Waals surface area contributed by atoms with Crippen molar-refractivity contribution < 1.29 is 9.66 Å². The number of rotatable bonds is 7. The Balaban J connectivity index is 1.58. The van der Waals surface area contributed by atoms with Crippen LogP contribution in [-0.2, 0) is 6.61 Å². The molecule has 8 nitrogen and oxygen atoms in total. The first kappa shape index (κ1) is 24.6. The van der Waals surface area contributed by atoms with Crippen molar-refractivity contribution in [2.75, 3.05) is 0 Å². The van der Waals surface area contributed by atoms with Gasteiger partial charge in [-0.15, -0.1) is 0 Å². The highest BCUT2D eigenvalue weighted by atomic mass is 79.9. The van der Waals surface area contributed by atoms with Gasteiger partial charge in [-0.25, -0.2) is 4.98 Å². The second-order valence-corrected chi connectivity index (χ2v) is 9.38. The van der Waals surface area contributed by atoms with Gasteiger partial charge in [0.1, 0.15) is 18.2 Å². The molecule has 0 saturated heterocycles. The molecule has 0 aliphatic rings. The van der Waals surface area contributed by atoms with E-state index in [1.54, 1.807) is 42.5 Å². The molecule has 4 rings (SSSR count). The van der Waals surface area contributed by atoms with Crippen LogP contribution in [-0.4, -0.2) is 20.8 Å². The summed E-state index contributed by atoms with van der Waals surface area (Å²) in [5, 5.41) is 16.2. The molecule has 0 spiro atoms. The summed E-state index contributed by atoms with van der Waals surface area (Å²) in [6, 6.07) is 16.7. The predicted octanol–water partition coefficient (Wildman–Crippen LogP) is 6.31.